The maximum Gasteiger partial charge on any atom is 0.136 e. The van der Waals surface area contributed by atoms with Gasteiger partial charge in [-0.05, 0) is 209 Å². The van der Waals surface area contributed by atoms with Crippen LogP contribution in [-0.2, 0) is 10.8 Å². The van der Waals surface area contributed by atoms with Crippen LogP contribution in [0, 0.1) is 0 Å². The maximum atomic E-state index is 6.79. The molecule has 20 rings (SSSR count). The molecular formula is C84H50N2O2. The van der Waals surface area contributed by atoms with Crippen molar-refractivity contribution in [2.24, 2.45) is 0 Å². The molecular weight excluding hydrogens is 1070 g/mol. The van der Waals surface area contributed by atoms with Gasteiger partial charge >= 0.3 is 0 Å². The molecule has 4 aliphatic carbocycles. The van der Waals surface area contributed by atoms with Gasteiger partial charge in [0.2, 0.25) is 0 Å². The van der Waals surface area contributed by atoms with Crippen molar-refractivity contribution in [2.45, 2.75) is 10.8 Å². The van der Waals surface area contributed by atoms with E-state index in [2.05, 4.69) is 313 Å². The number of furan rings is 2. The Kier molecular flexibility index (Phi) is 9.56. The normalized spacial score (nSPS) is 13.9. The number of nitrogens with zero attached hydrogens (tertiary/aromatic N) is 2. The first-order valence-corrected chi connectivity index (χ1v) is 30.5. The molecule has 14 aromatic carbocycles. The number of anilines is 6. The smallest absolute Gasteiger partial charge is 0.136 e. The summed E-state index contributed by atoms with van der Waals surface area (Å²) in [6, 6.07) is 112. The van der Waals surface area contributed by atoms with Crippen LogP contribution in [0.3, 0.4) is 0 Å². The Morgan fingerprint density at radius 3 is 0.818 bits per heavy atom. The Bertz CT molecular complexity index is 5200. The Morgan fingerprint density at radius 1 is 0.193 bits per heavy atom. The van der Waals surface area contributed by atoms with Crippen molar-refractivity contribution in [1.82, 2.24) is 0 Å². The Hall–Kier alpha value is -11.5. The third-order valence-corrected chi connectivity index (χ3v) is 20.0. The summed E-state index contributed by atoms with van der Waals surface area (Å²) in [5, 5.41) is 6.41. The first-order valence-electron chi connectivity index (χ1n) is 30.5. The molecule has 408 valence electrons. The minimum Gasteiger partial charge on any atom is -0.456 e. The average molecular weight is 1120 g/mol. The lowest BCUT2D eigenvalue weighted by molar-refractivity contribution is 0.668. The zero-order valence-electron chi connectivity index (χ0n) is 47.6. The van der Waals surface area contributed by atoms with Crippen molar-refractivity contribution in [3.8, 4) is 44.5 Å². The SMILES string of the molecule is c1ccc(N(c2ccc3c(c2)C2(c4ccccc4-c4ccccc42)c2ccccc2-3)c2ccc3oc4cc5cc6oc7ccc(N(c8ccccc8)c8ccc9c(c8)C8(c%10ccccc%10-c%10ccccc%108)c8ccccc8-9)cc7c6cc5cc4c3c2)cc1. The highest BCUT2D eigenvalue weighted by atomic mass is 16.3. The molecule has 0 unspecified atom stereocenters. The van der Waals surface area contributed by atoms with E-state index in [1.165, 1.54) is 89.0 Å². The van der Waals surface area contributed by atoms with Crippen molar-refractivity contribution in [2.75, 3.05) is 9.80 Å². The van der Waals surface area contributed by atoms with Crippen LogP contribution in [0.2, 0.25) is 0 Å². The Morgan fingerprint density at radius 2 is 0.466 bits per heavy atom. The number of benzene rings is 14. The van der Waals surface area contributed by atoms with Crippen LogP contribution in [0.15, 0.2) is 312 Å². The molecule has 4 aliphatic rings. The van der Waals surface area contributed by atoms with Gasteiger partial charge in [-0.1, -0.05) is 194 Å². The van der Waals surface area contributed by atoms with E-state index in [0.717, 1.165) is 88.8 Å². The number of rotatable bonds is 6. The lowest BCUT2D eigenvalue weighted by Crippen LogP contribution is -2.26. The molecule has 0 aliphatic heterocycles. The quantitative estimate of drug-likeness (QED) is 0.166. The second-order valence-electron chi connectivity index (χ2n) is 24.2. The van der Waals surface area contributed by atoms with Gasteiger partial charge in [0, 0.05) is 55.7 Å². The van der Waals surface area contributed by atoms with Gasteiger partial charge in [0.15, 0.2) is 0 Å². The first-order chi connectivity index (χ1) is 43.6. The van der Waals surface area contributed by atoms with E-state index >= 15 is 0 Å². The first kappa shape index (κ1) is 47.8. The van der Waals surface area contributed by atoms with E-state index < -0.39 is 10.8 Å². The summed E-state index contributed by atoms with van der Waals surface area (Å²) in [5.74, 6) is 0. The Labute approximate surface area is 507 Å². The second kappa shape index (κ2) is 17.6. The van der Waals surface area contributed by atoms with Gasteiger partial charge in [0.25, 0.3) is 0 Å². The van der Waals surface area contributed by atoms with E-state index in [9.17, 15) is 0 Å². The molecule has 2 heterocycles. The zero-order valence-corrected chi connectivity index (χ0v) is 47.6. The highest BCUT2D eigenvalue weighted by molar-refractivity contribution is 6.16. The topological polar surface area (TPSA) is 32.8 Å². The molecule has 0 N–H and O–H groups in total. The standard InChI is InChI=1S/C84H50N2O2/c1-3-19-53(20-4-1)85(57-35-39-65-63-27-11-17-33-75(63)83(77(65)49-57)71-29-13-7-23-59(71)60-24-8-14-30-72(60)83)55-37-41-79-69(47-55)67-43-51-44-68-70-48-56(38-42-80(70)88-82(68)46-52(51)45-81(67)87-79)86(54-21-5-2-6-22-54)58-36-40-66-64-28-12-18-34-76(64)84(78(66)50-58)73-31-15-9-25-61(73)62-26-10-16-32-74(62)84/h1-50H. The fraction of sp³-hybridized carbons (Fsp3) is 0.0238. The molecule has 88 heavy (non-hydrogen) atoms. The summed E-state index contributed by atoms with van der Waals surface area (Å²) in [4.78, 5) is 4.82. The molecule has 0 saturated heterocycles. The van der Waals surface area contributed by atoms with Gasteiger partial charge in [-0.3, -0.25) is 0 Å². The molecule has 2 spiro atoms. The number of hydrogen-bond donors (Lipinski definition) is 0. The third-order valence-electron chi connectivity index (χ3n) is 20.0. The maximum absolute atomic E-state index is 6.79. The van der Waals surface area contributed by atoms with Gasteiger partial charge in [0.05, 0.1) is 10.8 Å². The molecule has 2 aromatic heterocycles. The largest absolute Gasteiger partial charge is 0.456 e. The number of para-hydroxylation sites is 2. The van der Waals surface area contributed by atoms with Crippen molar-refractivity contribution in [3.05, 3.63) is 348 Å². The third kappa shape index (κ3) is 6.22. The van der Waals surface area contributed by atoms with Crippen molar-refractivity contribution in [3.63, 3.8) is 0 Å². The lowest BCUT2D eigenvalue weighted by Gasteiger charge is -2.32. The fourth-order valence-corrected chi connectivity index (χ4v) is 16.5. The molecule has 0 amide bonds. The summed E-state index contributed by atoms with van der Waals surface area (Å²) in [5.41, 5.74) is 29.7. The summed E-state index contributed by atoms with van der Waals surface area (Å²) < 4.78 is 13.6. The van der Waals surface area contributed by atoms with Crippen LogP contribution < -0.4 is 9.80 Å². The summed E-state index contributed by atoms with van der Waals surface area (Å²) in [6.45, 7) is 0. The van der Waals surface area contributed by atoms with E-state index in [-0.39, 0.29) is 0 Å². The molecule has 0 atom stereocenters. The fourth-order valence-electron chi connectivity index (χ4n) is 16.5. The minimum absolute atomic E-state index is 0.464. The van der Waals surface area contributed by atoms with Gasteiger partial charge in [-0.25, -0.2) is 0 Å². The molecule has 4 nitrogen and oxygen atoms in total. The van der Waals surface area contributed by atoms with Gasteiger partial charge in [-0.2, -0.15) is 0 Å². The zero-order chi connectivity index (χ0) is 57.4. The van der Waals surface area contributed by atoms with E-state index in [1.54, 1.807) is 0 Å². The predicted octanol–water partition coefficient (Wildman–Crippen LogP) is 22.3. The molecule has 0 bridgehead atoms. The highest BCUT2D eigenvalue weighted by Gasteiger charge is 2.53. The van der Waals surface area contributed by atoms with E-state index in [0.29, 0.717) is 0 Å². The summed E-state index contributed by atoms with van der Waals surface area (Å²) in [7, 11) is 0. The highest BCUT2D eigenvalue weighted by Crippen LogP contribution is 2.65. The van der Waals surface area contributed by atoms with Gasteiger partial charge in [-0.15, -0.1) is 0 Å². The molecule has 0 fully saturated rings. The molecule has 0 saturated carbocycles. The summed E-state index contributed by atoms with van der Waals surface area (Å²) >= 11 is 0. The number of hydrogen-bond acceptors (Lipinski definition) is 4. The van der Waals surface area contributed by atoms with Crippen LogP contribution in [0.4, 0.5) is 34.1 Å². The van der Waals surface area contributed by atoms with Gasteiger partial charge in [0.1, 0.15) is 22.3 Å². The second-order valence-corrected chi connectivity index (χ2v) is 24.2. The van der Waals surface area contributed by atoms with Crippen LogP contribution in [0.25, 0.3) is 99.2 Å². The molecule has 0 radical (unpaired) electrons. The van der Waals surface area contributed by atoms with Crippen LogP contribution >= 0.6 is 0 Å². The van der Waals surface area contributed by atoms with Crippen LogP contribution in [0.5, 0.6) is 0 Å². The van der Waals surface area contributed by atoms with Crippen molar-refractivity contribution in [1.29, 1.82) is 0 Å². The van der Waals surface area contributed by atoms with Gasteiger partial charge < -0.3 is 18.6 Å². The van der Waals surface area contributed by atoms with E-state index in [1.807, 2.05) is 0 Å². The summed E-state index contributed by atoms with van der Waals surface area (Å²) in [6.07, 6.45) is 0. The average Bonchev–Trinajstić information content (AvgIpc) is 1.53. The molecule has 16 aromatic rings. The van der Waals surface area contributed by atoms with E-state index in [4.69, 9.17) is 8.83 Å². The number of fused-ring (bicyclic) bond motifs is 27. The van der Waals surface area contributed by atoms with Crippen LogP contribution in [0.1, 0.15) is 44.5 Å². The molecule has 4 heteroatoms. The van der Waals surface area contributed by atoms with Crippen molar-refractivity contribution >= 4 is 88.8 Å². The Balaban J connectivity index is 0.727. The van der Waals surface area contributed by atoms with Crippen LogP contribution in [-0.4, -0.2) is 0 Å². The predicted molar refractivity (Wildman–Crippen MR) is 360 cm³/mol. The van der Waals surface area contributed by atoms with Crippen molar-refractivity contribution < 1.29 is 8.83 Å². The lowest BCUT2D eigenvalue weighted by atomic mass is 9.70. The minimum atomic E-state index is -0.464. The monoisotopic (exact) mass is 1120 g/mol.